The highest BCUT2D eigenvalue weighted by atomic mass is 35.5. The molecule has 4 aromatic rings. The van der Waals surface area contributed by atoms with Crippen LogP contribution in [0.5, 0.6) is 0 Å². The Morgan fingerprint density at radius 1 is 1.03 bits per heavy atom. The number of urea groups is 1. The lowest BCUT2D eigenvalue weighted by molar-refractivity contribution is -0.137. The van der Waals surface area contributed by atoms with Gasteiger partial charge in [-0.1, -0.05) is 11.6 Å². The number of nitrogens with zero attached hydrogens (tertiary/aromatic N) is 2. The lowest BCUT2D eigenvalue weighted by Gasteiger charge is -2.18. The number of hydrogen-bond donors (Lipinski definition) is 3. The molecule has 0 bridgehead atoms. The number of carbonyl (C=O) groups excluding carboxylic acids is 1. The highest BCUT2D eigenvalue weighted by Crippen LogP contribution is 2.36. The van der Waals surface area contributed by atoms with Crippen molar-refractivity contribution in [2.24, 2.45) is 0 Å². The summed E-state index contributed by atoms with van der Waals surface area (Å²) in [5.41, 5.74) is 7.02. The van der Waals surface area contributed by atoms with Gasteiger partial charge in [0.15, 0.2) is 0 Å². The molecule has 0 radical (unpaired) electrons. The second-order valence-electron chi connectivity index (χ2n) is 6.95. The molecule has 3 aromatic carbocycles. The van der Waals surface area contributed by atoms with Gasteiger partial charge in [-0.25, -0.2) is 4.79 Å². The maximum atomic E-state index is 13.0. The Kier molecular flexibility index (Phi) is 6.78. The SMILES string of the molecule is Cl.Nc1ccc2c(ccn2-c2ccc(NC(=O)N(O)c3ccc(Cl)c(C(F)(F)F)c3)cc2)c1. The van der Waals surface area contributed by atoms with E-state index in [-0.39, 0.29) is 23.2 Å². The van der Waals surface area contributed by atoms with E-state index in [0.29, 0.717) is 17.4 Å². The second-order valence-corrected chi connectivity index (χ2v) is 7.36. The van der Waals surface area contributed by atoms with E-state index in [2.05, 4.69) is 5.32 Å². The quantitative estimate of drug-likeness (QED) is 0.167. The van der Waals surface area contributed by atoms with Crippen molar-refractivity contribution in [1.82, 2.24) is 4.57 Å². The zero-order valence-corrected chi connectivity index (χ0v) is 18.2. The van der Waals surface area contributed by atoms with Gasteiger partial charge in [-0.2, -0.15) is 18.2 Å². The predicted octanol–water partition coefficient (Wildman–Crippen LogP) is 6.73. The van der Waals surface area contributed by atoms with Gasteiger partial charge in [-0.3, -0.25) is 5.21 Å². The van der Waals surface area contributed by atoms with Crippen LogP contribution in [0.4, 0.5) is 35.0 Å². The average Bonchev–Trinajstić information content (AvgIpc) is 3.16. The third-order valence-corrected chi connectivity index (χ3v) is 5.13. The van der Waals surface area contributed by atoms with E-state index in [1.54, 1.807) is 30.3 Å². The van der Waals surface area contributed by atoms with E-state index >= 15 is 0 Å². The summed E-state index contributed by atoms with van der Waals surface area (Å²) in [6.45, 7) is 0. The van der Waals surface area contributed by atoms with Crippen molar-refractivity contribution < 1.29 is 23.2 Å². The number of hydrogen-bond acceptors (Lipinski definition) is 3. The standard InChI is InChI=1S/C22H16ClF3N4O2.ClH/c23-19-7-6-17(12-18(19)22(24,25)26)30(32)21(31)28-15-2-4-16(5-3-15)29-10-9-13-11-14(27)1-8-20(13)29;/h1-12,32H,27H2,(H,28,31);1H. The predicted molar refractivity (Wildman–Crippen MR) is 125 cm³/mol. The van der Waals surface area contributed by atoms with Crippen molar-refractivity contribution >= 4 is 58.0 Å². The summed E-state index contributed by atoms with van der Waals surface area (Å²) < 4.78 is 41.0. The second kappa shape index (κ2) is 9.22. The number of anilines is 3. The van der Waals surface area contributed by atoms with Gasteiger partial charge in [-0.15, -0.1) is 12.4 Å². The molecule has 33 heavy (non-hydrogen) atoms. The van der Waals surface area contributed by atoms with E-state index in [0.717, 1.165) is 28.7 Å². The Morgan fingerprint density at radius 2 is 1.73 bits per heavy atom. The molecule has 11 heteroatoms. The number of carbonyl (C=O) groups is 1. The summed E-state index contributed by atoms with van der Waals surface area (Å²) in [5.74, 6) is 0. The topological polar surface area (TPSA) is 83.5 Å². The molecule has 4 rings (SSSR count). The van der Waals surface area contributed by atoms with Crippen LogP contribution in [0.3, 0.4) is 0 Å². The maximum Gasteiger partial charge on any atom is 0.417 e. The molecule has 172 valence electrons. The van der Waals surface area contributed by atoms with Gasteiger partial charge in [0.25, 0.3) is 0 Å². The number of amides is 2. The third-order valence-electron chi connectivity index (χ3n) is 4.80. The van der Waals surface area contributed by atoms with Gasteiger partial charge in [0.05, 0.1) is 21.8 Å². The van der Waals surface area contributed by atoms with E-state index in [4.69, 9.17) is 17.3 Å². The van der Waals surface area contributed by atoms with Gasteiger partial charge in [-0.05, 0) is 66.7 Å². The van der Waals surface area contributed by atoms with Gasteiger partial charge in [0.2, 0.25) is 0 Å². The lowest BCUT2D eigenvalue weighted by atomic mass is 10.2. The van der Waals surface area contributed by atoms with Gasteiger partial charge in [0.1, 0.15) is 0 Å². The molecule has 2 amide bonds. The molecule has 0 aliphatic heterocycles. The molecular weight excluding hydrogens is 480 g/mol. The number of halogens is 5. The fourth-order valence-corrected chi connectivity index (χ4v) is 3.47. The highest BCUT2D eigenvalue weighted by molar-refractivity contribution is 6.31. The zero-order chi connectivity index (χ0) is 23.0. The molecule has 1 aromatic heterocycles. The van der Waals surface area contributed by atoms with Crippen molar-refractivity contribution in [3.05, 3.63) is 83.5 Å². The normalized spacial score (nSPS) is 11.2. The molecule has 0 fully saturated rings. The Morgan fingerprint density at radius 3 is 2.39 bits per heavy atom. The van der Waals surface area contributed by atoms with E-state index in [1.165, 1.54) is 0 Å². The number of fused-ring (bicyclic) bond motifs is 1. The van der Waals surface area contributed by atoms with Crippen molar-refractivity contribution in [2.75, 3.05) is 16.1 Å². The van der Waals surface area contributed by atoms with E-state index < -0.39 is 22.8 Å². The number of alkyl halides is 3. The lowest BCUT2D eigenvalue weighted by Crippen LogP contribution is -2.32. The number of nitrogens with one attached hydrogen (secondary N) is 1. The summed E-state index contributed by atoms with van der Waals surface area (Å²) in [7, 11) is 0. The minimum atomic E-state index is -4.73. The molecule has 1 heterocycles. The number of nitrogen functional groups attached to an aromatic ring is 1. The number of benzene rings is 3. The molecule has 6 nitrogen and oxygen atoms in total. The first kappa shape index (κ1) is 24.2. The third kappa shape index (κ3) is 5.00. The van der Waals surface area contributed by atoms with Gasteiger partial charge in [0, 0.05) is 28.6 Å². The smallest absolute Gasteiger partial charge is 0.399 e. The largest absolute Gasteiger partial charge is 0.417 e. The van der Waals surface area contributed by atoms with Crippen LogP contribution in [0.15, 0.2) is 72.9 Å². The number of aromatic nitrogens is 1. The van der Waals surface area contributed by atoms with E-state index in [9.17, 15) is 23.2 Å². The summed E-state index contributed by atoms with van der Waals surface area (Å²) in [6, 6.07) is 15.8. The minimum absolute atomic E-state index is 0. The summed E-state index contributed by atoms with van der Waals surface area (Å²) >= 11 is 5.57. The number of hydroxylamine groups is 1. The van der Waals surface area contributed by atoms with Crippen molar-refractivity contribution in [1.29, 1.82) is 0 Å². The number of nitrogens with two attached hydrogens (primary N) is 1. The van der Waals surface area contributed by atoms with Crippen LogP contribution in [-0.2, 0) is 6.18 Å². The molecule has 0 spiro atoms. The van der Waals surface area contributed by atoms with Crippen LogP contribution >= 0.6 is 24.0 Å². The fourth-order valence-electron chi connectivity index (χ4n) is 3.25. The molecular formula is C22H17Cl2F3N4O2. The molecule has 0 saturated heterocycles. The molecule has 0 atom stereocenters. The first-order valence-corrected chi connectivity index (χ1v) is 9.65. The Bertz CT molecular complexity index is 1310. The molecule has 0 aliphatic rings. The summed E-state index contributed by atoms with van der Waals surface area (Å²) in [6.07, 6.45) is -2.85. The van der Waals surface area contributed by atoms with Crippen LogP contribution in [0.25, 0.3) is 16.6 Å². The maximum absolute atomic E-state index is 13.0. The van der Waals surface area contributed by atoms with Crippen molar-refractivity contribution in [2.45, 2.75) is 6.18 Å². The first-order chi connectivity index (χ1) is 15.1. The molecule has 0 aliphatic carbocycles. The van der Waals surface area contributed by atoms with Crippen molar-refractivity contribution in [3.63, 3.8) is 0 Å². The molecule has 4 N–H and O–H groups in total. The van der Waals surface area contributed by atoms with Crippen LogP contribution in [0.2, 0.25) is 5.02 Å². The highest BCUT2D eigenvalue weighted by Gasteiger charge is 2.34. The zero-order valence-electron chi connectivity index (χ0n) is 16.7. The molecule has 0 unspecified atom stereocenters. The van der Waals surface area contributed by atoms with Gasteiger partial charge < -0.3 is 15.6 Å². The first-order valence-electron chi connectivity index (χ1n) is 9.27. The average molecular weight is 497 g/mol. The Hall–Kier alpha value is -3.40. The van der Waals surface area contributed by atoms with Crippen LogP contribution in [-0.4, -0.2) is 15.8 Å². The number of rotatable bonds is 3. The fraction of sp³-hybridized carbons (Fsp3) is 0.0455. The van der Waals surface area contributed by atoms with Crippen molar-refractivity contribution in [3.8, 4) is 5.69 Å². The van der Waals surface area contributed by atoms with E-state index in [1.807, 2.05) is 29.0 Å². The summed E-state index contributed by atoms with van der Waals surface area (Å²) in [4.78, 5) is 12.3. The Balaban J connectivity index is 0.00000306. The monoisotopic (exact) mass is 496 g/mol. The van der Waals surface area contributed by atoms with Crippen LogP contribution < -0.4 is 16.1 Å². The minimum Gasteiger partial charge on any atom is -0.399 e. The Labute approximate surface area is 197 Å². The van der Waals surface area contributed by atoms with Crippen LogP contribution in [0, 0.1) is 0 Å². The summed E-state index contributed by atoms with van der Waals surface area (Å²) in [5, 5.41) is 13.0. The van der Waals surface area contributed by atoms with Crippen LogP contribution in [0.1, 0.15) is 5.56 Å². The van der Waals surface area contributed by atoms with Gasteiger partial charge >= 0.3 is 12.2 Å². The molecule has 0 saturated carbocycles.